The van der Waals surface area contributed by atoms with Gasteiger partial charge in [-0.3, -0.25) is 5.43 Å². The second-order valence-electron chi connectivity index (χ2n) is 5.64. The molecular weight excluding hydrogens is 292 g/mol. The molecule has 1 atom stereocenters. The zero-order chi connectivity index (χ0) is 16.1. The lowest BCUT2D eigenvalue weighted by molar-refractivity contribution is 0.245. The number of hydrogen-bond donors (Lipinski definition) is 4. The second kappa shape index (κ2) is 7.11. The van der Waals surface area contributed by atoms with Crippen LogP contribution in [0, 0.1) is 0 Å². The molecule has 6 nitrogen and oxygen atoms in total. The minimum atomic E-state index is -0.343. The molecule has 0 radical (unpaired) electrons. The number of nitrogens with one attached hydrogen (secondary N) is 3. The van der Waals surface area contributed by atoms with Gasteiger partial charge in [-0.25, -0.2) is 10.2 Å². The summed E-state index contributed by atoms with van der Waals surface area (Å²) in [6.45, 7) is 0. The molecule has 2 aromatic rings. The normalized spacial score (nSPS) is 19.7. The summed E-state index contributed by atoms with van der Waals surface area (Å²) in [6.07, 6.45) is 3.65. The molecule has 120 valence electrons. The predicted octanol–water partition coefficient (Wildman–Crippen LogP) is 3.24. The molecule has 6 heteroatoms. The van der Waals surface area contributed by atoms with Crippen LogP contribution in [0.15, 0.2) is 47.6 Å². The molecule has 0 spiro atoms. The van der Waals surface area contributed by atoms with E-state index in [0.29, 0.717) is 5.71 Å². The molecule has 0 saturated heterocycles. The first-order valence-corrected chi connectivity index (χ1v) is 7.79. The molecule has 3 rings (SSSR count). The Labute approximate surface area is 134 Å². The van der Waals surface area contributed by atoms with Crippen LogP contribution in [0.25, 0.3) is 10.8 Å². The van der Waals surface area contributed by atoms with Crippen LogP contribution in [-0.2, 0) is 0 Å². The quantitative estimate of drug-likeness (QED) is 0.518. The van der Waals surface area contributed by atoms with Crippen LogP contribution in [-0.4, -0.2) is 23.0 Å². The molecule has 2 aromatic carbocycles. The number of nitrogens with zero attached hydrogens (tertiary/aromatic N) is 1. The first-order valence-electron chi connectivity index (χ1n) is 7.79. The van der Waals surface area contributed by atoms with Crippen molar-refractivity contribution in [2.75, 3.05) is 5.32 Å². The number of hydrazine groups is 1. The summed E-state index contributed by atoms with van der Waals surface area (Å²) in [4.78, 5) is 12.1. The SMILES string of the molecule is O=C(NNC1CCCCC1=NO)Nc1cccc2ccccc12. The highest BCUT2D eigenvalue weighted by Gasteiger charge is 2.21. The van der Waals surface area contributed by atoms with Crippen molar-refractivity contribution in [2.45, 2.75) is 31.7 Å². The first-order chi connectivity index (χ1) is 11.3. The summed E-state index contributed by atoms with van der Waals surface area (Å²) in [6, 6.07) is 13.2. The average molecular weight is 312 g/mol. The van der Waals surface area contributed by atoms with E-state index in [9.17, 15) is 4.79 Å². The van der Waals surface area contributed by atoms with Crippen LogP contribution in [0.1, 0.15) is 25.7 Å². The molecule has 0 aliphatic heterocycles. The van der Waals surface area contributed by atoms with Crippen molar-refractivity contribution in [3.8, 4) is 0 Å². The van der Waals surface area contributed by atoms with E-state index in [0.717, 1.165) is 42.1 Å². The number of benzene rings is 2. The highest BCUT2D eigenvalue weighted by Crippen LogP contribution is 2.22. The van der Waals surface area contributed by atoms with E-state index in [2.05, 4.69) is 21.3 Å². The number of carbonyl (C=O) groups is 1. The predicted molar refractivity (Wildman–Crippen MR) is 90.7 cm³/mol. The molecule has 2 amide bonds. The molecule has 0 heterocycles. The van der Waals surface area contributed by atoms with Gasteiger partial charge in [0.05, 0.1) is 17.4 Å². The molecule has 1 saturated carbocycles. The Morgan fingerprint density at radius 2 is 1.96 bits per heavy atom. The van der Waals surface area contributed by atoms with Gasteiger partial charge in [-0.1, -0.05) is 48.0 Å². The topological polar surface area (TPSA) is 85.8 Å². The van der Waals surface area contributed by atoms with Gasteiger partial charge in [0.15, 0.2) is 0 Å². The Morgan fingerprint density at radius 3 is 2.83 bits per heavy atom. The zero-order valence-corrected chi connectivity index (χ0v) is 12.7. The number of carbonyl (C=O) groups excluding carboxylic acids is 1. The van der Waals surface area contributed by atoms with E-state index in [-0.39, 0.29) is 12.1 Å². The molecule has 1 unspecified atom stereocenters. The lowest BCUT2D eigenvalue weighted by Crippen LogP contribution is -2.50. The van der Waals surface area contributed by atoms with E-state index in [1.54, 1.807) is 0 Å². The summed E-state index contributed by atoms with van der Waals surface area (Å²) >= 11 is 0. The van der Waals surface area contributed by atoms with Crippen molar-refractivity contribution in [1.29, 1.82) is 0 Å². The Balaban J connectivity index is 1.63. The van der Waals surface area contributed by atoms with Gasteiger partial charge in [0.2, 0.25) is 0 Å². The maximum Gasteiger partial charge on any atom is 0.333 e. The second-order valence-corrected chi connectivity index (χ2v) is 5.64. The number of oxime groups is 1. The van der Waals surface area contributed by atoms with Crippen molar-refractivity contribution in [3.05, 3.63) is 42.5 Å². The third-order valence-corrected chi connectivity index (χ3v) is 4.10. The fourth-order valence-electron chi connectivity index (χ4n) is 2.91. The number of anilines is 1. The number of hydrogen-bond acceptors (Lipinski definition) is 4. The zero-order valence-electron chi connectivity index (χ0n) is 12.7. The van der Waals surface area contributed by atoms with Gasteiger partial charge in [-0.05, 0) is 30.7 Å². The van der Waals surface area contributed by atoms with Gasteiger partial charge in [-0.15, -0.1) is 0 Å². The van der Waals surface area contributed by atoms with Gasteiger partial charge >= 0.3 is 6.03 Å². The van der Waals surface area contributed by atoms with E-state index >= 15 is 0 Å². The molecular formula is C17H20N4O2. The summed E-state index contributed by atoms with van der Waals surface area (Å²) in [7, 11) is 0. The minimum Gasteiger partial charge on any atom is -0.411 e. The Morgan fingerprint density at radius 1 is 1.13 bits per heavy atom. The van der Waals surface area contributed by atoms with Crippen LogP contribution in [0.5, 0.6) is 0 Å². The number of fused-ring (bicyclic) bond motifs is 1. The molecule has 0 aromatic heterocycles. The van der Waals surface area contributed by atoms with Crippen LogP contribution >= 0.6 is 0 Å². The molecule has 23 heavy (non-hydrogen) atoms. The summed E-state index contributed by atoms with van der Waals surface area (Å²) in [5.74, 6) is 0. The van der Waals surface area contributed by atoms with E-state index in [4.69, 9.17) is 5.21 Å². The fraction of sp³-hybridized carbons (Fsp3) is 0.294. The first kappa shape index (κ1) is 15.3. The highest BCUT2D eigenvalue weighted by atomic mass is 16.4. The summed E-state index contributed by atoms with van der Waals surface area (Å²) < 4.78 is 0. The van der Waals surface area contributed by atoms with Crippen molar-refractivity contribution in [2.24, 2.45) is 5.16 Å². The Bertz CT molecular complexity index is 724. The van der Waals surface area contributed by atoms with Gasteiger partial charge in [0.1, 0.15) is 0 Å². The fourth-order valence-corrected chi connectivity index (χ4v) is 2.91. The molecule has 1 aliphatic carbocycles. The smallest absolute Gasteiger partial charge is 0.333 e. The van der Waals surface area contributed by atoms with Crippen LogP contribution in [0.4, 0.5) is 10.5 Å². The standard InChI is InChI=1S/C17H20N4O2/c22-17(20-19-15-9-3-4-10-16(15)21-23)18-14-11-5-7-12-6-1-2-8-13(12)14/h1-2,5-8,11,15,19,23H,3-4,9-10H2,(H2,18,20,22). The lowest BCUT2D eigenvalue weighted by Gasteiger charge is -2.24. The number of amides is 2. The summed E-state index contributed by atoms with van der Waals surface area (Å²) in [5, 5.41) is 17.2. The van der Waals surface area contributed by atoms with Crippen molar-refractivity contribution >= 4 is 28.2 Å². The monoisotopic (exact) mass is 312 g/mol. The van der Waals surface area contributed by atoms with E-state index < -0.39 is 0 Å². The molecule has 0 bridgehead atoms. The lowest BCUT2D eigenvalue weighted by atomic mass is 9.94. The number of rotatable bonds is 3. The number of urea groups is 1. The van der Waals surface area contributed by atoms with Gasteiger partial charge in [-0.2, -0.15) is 0 Å². The third-order valence-electron chi connectivity index (χ3n) is 4.10. The van der Waals surface area contributed by atoms with E-state index in [1.807, 2.05) is 42.5 Å². The maximum atomic E-state index is 12.1. The minimum absolute atomic E-state index is 0.119. The van der Waals surface area contributed by atoms with Crippen molar-refractivity contribution in [1.82, 2.24) is 10.9 Å². The summed E-state index contributed by atoms with van der Waals surface area (Å²) in [5.41, 5.74) is 7.01. The van der Waals surface area contributed by atoms with Crippen LogP contribution in [0.3, 0.4) is 0 Å². The highest BCUT2D eigenvalue weighted by molar-refractivity contribution is 6.01. The molecule has 1 fully saturated rings. The third kappa shape index (κ3) is 3.60. The largest absolute Gasteiger partial charge is 0.411 e. The molecule has 4 N–H and O–H groups in total. The molecule has 1 aliphatic rings. The van der Waals surface area contributed by atoms with Crippen molar-refractivity contribution in [3.63, 3.8) is 0 Å². The van der Waals surface area contributed by atoms with Gasteiger partial charge in [0, 0.05) is 5.39 Å². The van der Waals surface area contributed by atoms with Crippen molar-refractivity contribution < 1.29 is 10.0 Å². The van der Waals surface area contributed by atoms with Crippen LogP contribution < -0.4 is 16.2 Å². The van der Waals surface area contributed by atoms with Gasteiger partial charge < -0.3 is 10.5 Å². The van der Waals surface area contributed by atoms with E-state index in [1.165, 1.54) is 0 Å². The average Bonchev–Trinajstić information content (AvgIpc) is 2.60. The van der Waals surface area contributed by atoms with Gasteiger partial charge in [0.25, 0.3) is 0 Å². The maximum absolute atomic E-state index is 12.1. The Hall–Kier alpha value is -2.60. The van der Waals surface area contributed by atoms with Crippen LogP contribution in [0.2, 0.25) is 0 Å². The Kier molecular flexibility index (Phi) is 4.73.